The third-order valence-electron chi connectivity index (χ3n) is 2.44. The van der Waals surface area contributed by atoms with Crippen LogP contribution < -0.4 is 5.32 Å². The molecular formula is C14H23NO. The normalized spacial score (nSPS) is 13.0. The molecule has 1 unspecified atom stereocenters. The van der Waals surface area contributed by atoms with E-state index in [2.05, 4.69) is 50.4 Å². The summed E-state index contributed by atoms with van der Waals surface area (Å²) in [6, 6.07) is 10.8. The van der Waals surface area contributed by atoms with Crippen molar-refractivity contribution in [3.05, 3.63) is 35.9 Å². The lowest BCUT2D eigenvalue weighted by atomic mass is 10.1. The maximum absolute atomic E-state index is 5.69. The number of rotatable bonds is 7. The van der Waals surface area contributed by atoms with Gasteiger partial charge in [-0.25, -0.2) is 0 Å². The summed E-state index contributed by atoms with van der Waals surface area (Å²) in [5.74, 6) is 0. The smallest absolute Gasteiger partial charge is 0.0664 e. The lowest BCUT2D eigenvalue weighted by Gasteiger charge is -2.20. The van der Waals surface area contributed by atoms with E-state index in [1.807, 2.05) is 6.07 Å². The Morgan fingerprint density at radius 1 is 1.19 bits per heavy atom. The fraction of sp³-hybridized carbons (Fsp3) is 0.571. The minimum Gasteiger partial charge on any atom is -0.377 e. The summed E-state index contributed by atoms with van der Waals surface area (Å²) in [6.45, 7) is 8.09. The zero-order chi connectivity index (χ0) is 11.8. The Bertz CT molecular complexity index is 271. The molecule has 0 heterocycles. The molecule has 16 heavy (non-hydrogen) atoms. The van der Waals surface area contributed by atoms with Crippen molar-refractivity contribution in [2.24, 2.45) is 0 Å². The second kappa shape index (κ2) is 7.42. The van der Waals surface area contributed by atoms with Crippen molar-refractivity contribution in [3.63, 3.8) is 0 Å². The van der Waals surface area contributed by atoms with Gasteiger partial charge in [0.1, 0.15) is 0 Å². The lowest BCUT2D eigenvalue weighted by Crippen LogP contribution is -2.27. The minimum absolute atomic E-state index is 0.287. The summed E-state index contributed by atoms with van der Waals surface area (Å²) in [4.78, 5) is 0. The second-order valence-electron chi connectivity index (χ2n) is 4.30. The average molecular weight is 221 g/mol. The molecule has 0 aliphatic carbocycles. The van der Waals surface area contributed by atoms with Gasteiger partial charge in [-0.1, -0.05) is 37.3 Å². The summed E-state index contributed by atoms with van der Waals surface area (Å²) in [5.41, 5.74) is 1.30. The Kier molecular flexibility index (Phi) is 6.12. The standard InChI is InChI=1S/C14H23NO/c1-4-10-15-14(11-16-12(2)3)13-8-6-5-7-9-13/h5-9,12,14-15H,4,10-11H2,1-3H3. The number of ether oxygens (including phenoxy) is 1. The molecule has 0 aliphatic rings. The van der Waals surface area contributed by atoms with Gasteiger partial charge in [-0.05, 0) is 32.4 Å². The molecular weight excluding hydrogens is 198 g/mol. The van der Waals surface area contributed by atoms with Crippen molar-refractivity contribution in [3.8, 4) is 0 Å². The SMILES string of the molecule is CCCNC(COC(C)C)c1ccccc1. The van der Waals surface area contributed by atoms with E-state index in [1.54, 1.807) is 0 Å². The molecule has 0 radical (unpaired) electrons. The maximum atomic E-state index is 5.69. The Balaban J connectivity index is 2.56. The molecule has 1 aromatic carbocycles. The van der Waals surface area contributed by atoms with Crippen LogP contribution >= 0.6 is 0 Å². The molecule has 0 saturated carbocycles. The fourth-order valence-electron chi connectivity index (χ4n) is 1.57. The van der Waals surface area contributed by atoms with Crippen LogP contribution in [-0.2, 0) is 4.74 Å². The third kappa shape index (κ3) is 4.77. The van der Waals surface area contributed by atoms with Gasteiger partial charge in [0.25, 0.3) is 0 Å². The topological polar surface area (TPSA) is 21.3 Å². The van der Waals surface area contributed by atoms with Gasteiger partial charge < -0.3 is 10.1 Å². The predicted molar refractivity (Wildman–Crippen MR) is 68.6 cm³/mol. The van der Waals surface area contributed by atoms with E-state index in [9.17, 15) is 0 Å². The molecule has 0 aliphatic heterocycles. The Hall–Kier alpha value is -0.860. The van der Waals surface area contributed by atoms with E-state index in [0.717, 1.165) is 19.6 Å². The van der Waals surface area contributed by atoms with Crippen LogP contribution in [0.25, 0.3) is 0 Å². The zero-order valence-electron chi connectivity index (χ0n) is 10.6. The molecule has 1 N–H and O–H groups in total. The van der Waals surface area contributed by atoms with Crippen LogP contribution in [0.15, 0.2) is 30.3 Å². The van der Waals surface area contributed by atoms with E-state index in [4.69, 9.17) is 4.74 Å². The van der Waals surface area contributed by atoms with Gasteiger partial charge in [0, 0.05) is 0 Å². The highest BCUT2D eigenvalue weighted by Gasteiger charge is 2.10. The van der Waals surface area contributed by atoms with E-state index >= 15 is 0 Å². The van der Waals surface area contributed by atoms with Gasteiger partial charge in [0.2, 0.25) is 0 Å². The first kappa shape index (κ1) is 13.2. The predicted octanol–water partition coefficient (Wildman–Crippen LogP) is 3.15. The Labute approximate surface area is 99.0 Å². The molecule has 0 spiro atoms. The molecule has 0 saturated heterocycles. The molecule has 0 amide bonds. The van der Waals surface area contributed by atoms with E-state index < -0.39 is 0 Å². The Morgan fingerprint density at radius 2 is 1.88 bits per heavy atom. The van der Waals surface area contributed by atoms with Gasteiger partial charge >= 0.3 is 0 Å². The molecule has 0 bridgehead atoms. The highest BCUT2D eigenvalue weighted by atomic mass is 16.5. The first-order valence-electron chi connectivity index (χ1n) is 6.14. The van der Waals surface area contributed by atoms with Gasteiger partial charge in [-0.15, -0.1) is 0 Å². The van der Waals surface area contributed by atoms with Crippen LogP contribution in [-0.4, -0.2) is 19.3 Å². The summed E-state index contributed by atoms with van der Waals surface area (Å²) in [5, 5.41) is 3.52. The summed E-state index contributed by atoms with van der Waals surface area (Å²) >= 11 is 0. The van der Waals surface area contributed by atoms with Crippen LogP contribution in [0.1, 0.15) is 38.8 Å². The van der Waals surface area contributed by atoms with Crippen LogP contribution in [0, 0.1) is 0 Å². The van der Waals surface area contributed by atoms with E-state index in [1.165, 1.54) is 5.56 Å². The van der Waals surface area contributed by atoms with Crippen molar-refractivity contribution < 1.29 is 4.74 Å². The van der Waals surface area contributed by atoms with Crippen LogP contribution in [0.4, 0.5) is 0 Å². The van der Waals surface area contributed by atoms with Gasteiger partial charge in [-0.3, -0.25) is 0 Å². The zero-order valence-corrected chi connectivity index (χ0v) is 10.6. The summed E-state index contributed by atoms with van der Waals surface area (Å²) < 4.78 is 5.69. The number of hydrogen-bond acceptors (Lipinski definition) is 2. The van der Waals surface area contributed by atoms with Crippen molar-refractivity contribution in [2.75, 3.05) is 13.2 Å². The quantitative estimate of drug-likeness (QED) is 0.763. The molecule has 2 nitrogen and oxygen atoms in total. The number of benzene rings is 1. The summed E-state index contributed by atoms with van der Waals surface area (Å²) in [7, 11) is 0. The van der Waals surface area contributed by atoms with Gasteiger partial charge in [0.15, 0.2) is 0 Å². The number of nitrogens with one attached hydrogen (secondary N) is 1. The van der Waals surface area contributed by atoms with E-state index in [0.29, 0.717) is 6.04 Å². The van der Waals surface area contributed by atoms with Crippen molar-refractivity contribution in [1.82, 2.24) is 5.32 Å². The fourth-order valence-corrected chi connectivity index (χ4v) is 1.57. The van der Waals surface area contributed by atoms with Crippen LogP contribution in [0.2, 0.25) is 0 Å². The summed E-state index contributed by atoms with van der Waals surface area (Å²) in [6.07, 6.45) is 1.43. The second-order valence-corrected chi connectivity index (χ2v) is 4.30. The Morgan fingerprint density at radius 3 is 2.44 bits per heavy atom. The molecule has 1 aromatic rings. The van der Waals surface area contributed by atoms with Crippen molar-refractivity contribution in [2.45, 2.75) is 39.3 Å². The van der Waals surface area contributed by atoms with Crippen LogP contribution in [0.5, 0.6) is 0 Å². The first-order valence-corrected chi connectivity index (χ1v) is 6.14. The average Bonchev–Trinajstić information content (AvgIpc) is 2.30. The lowest BCUT2D eigenvalue weighted by molar-refractivity contribution is 0.0611. The molecule has 1 atom stereocenters. The van der Waals surface area contributed by atoms with Crippen LogP contribution in [0.3, 0.4) is 0 Å². The first-order chi connectivity index (χ1) is 7.74. The van der Waals surface area contributed by atoms with Gasteiger partial charge in [0.05, 0.1) is 18.8 Å². The minimum atomic E-state index is 0.287. The highest BCUT2D eigenvalue weighted by molar-refractivity contribution is 5.18. The molecule has 0 fully saturated rings. The van der Waals surface area contributed by atoms with Crippen molar-refractivity contribution in [1.29, 1.82) is 0 Å². The highest BCUT2D eigenvalue weighted by Crippen LogP contribution is 2.13. The van der Waals surface area contributed by atoms with Crippen molar-refractivity contribution >= 4 is 0 Å². The maximum Gasteiger partial charge on any atom is 0.0664 e. The molecule has 90 valence electrons. The monoisotopic (exact) mass is 221 g/mol. The van der Waals surface area contributed by atoms with E-state index in [-0.39, 0.29) is 6.10 Å². The molecule has 0 aromatic heterocycles. The van der Waals surface area contributed by atoms with Gasteiger partial charge in [-0.2, -0.15) is 0 Å². The molecule has 2 heteroatoms. The number of hydrogen-bond donors (Lipinski definition) is 1. The third-order valence-corrected chi connectivity index (χ3v) is 2.44. The largest absolute Gasteiger partial charge is 0.377 e. The molecule has 1 rings (SSSR count).